The number of hydrogen-bond donors (Lipinski definition) is 0. The normalized spacial score (nSPS) is 16.6. The van der Waals surface area contributed by atoms with E-state index in [9.17, 15) is 20.6 Å². The maximum absolute atomic E-state index is 11.4. The Labute approximate surface area is 158 Å². The fraction of sp³-hybridized carbons (Fsp3) is 0.273. The van der Waals surface area contributed by atoms with Crippen molar-refractivity contribution in [3.63, 3.8) is 0 Å². The molecule has 0 unspecified atom stereocenters. The highest BCUT2D eigenvalue weighted by molar-refractivity contribution is 5.80. The predicted molar refractivity (Wildman–Crippen MR) is 102 cm³/mol. The number of benzene rings is 2. The average Bonchev–Trinajstić information content (AvgIpc) is 2.68. The minimum absolute atomic E-state index is 0.0487. The van der Waals surface area contributed by atoms with Gasteiger partial charge < -0.3 is 0 Å². The van der Waals surface area contributed by atoms with E-state index in [-0.39, 0.29) is 28.9 Å². The van der Waals surface area contributed by atoms with Gasteiger partial charge in [-0.2, -0.15) is 10.5 Å². The van der Waals surface area contributed by atoms with Gasteiger partial charge in [0.05, 0.1) is 5.92 Å². The lowest BCUT2D eigenvalue weighted by atomic mass is 9.70. The summed E-state index contributed by atoms with van der Waals surface area (Å²) in [4.78, 5) is 11.1. The highest BCUT2D eigenvalue weighted by Gasteiger charge is 2.36. The maximum atomic E-state index is 11.4. The van der Waals surface area contributed by atoms with Crippen molar-refractivity contribution in [3.8, 4) is 12.1 Å². The molecule has 0 saturated heterocycles. The summed E-state index contributed by atoms with van der Waals surface area (Å²) in [5.41, 5.74) is 4.59. The van der Waals surface area contributed by atoms with Crippen LogP contribution < -0.4 is 0 Å². The van der Waals surface area contributed by atoms with Crippen molar-refractivity contribution in [2.24, 2.45) is 5.92 Å². The molecule has 27 heavy (non-hydrogen) atoms. The Bertz CT molecular complexity index is 962. The van der Waals surface area contributed by atoms with Crippen molar-refractivity contribution in [1.29, 1.82) is 10.5 Å². The first kappa shape index (κ1) is 18.4. The van der Waals surface area contributed by atoms with Crippen LogP contribution in [-0.2, 0) is 6.42 Å². The van der Waals surface area contributed by atoms with E-state index in [0.29, 0.717) is 12.0 Å². The molecule has 0 bridgehead atoms. The Morgan fingerprint density at radius 3 is 2.48 bits per heavy atom. The molecule has 0 aliphatic heterocycles. The van der Waals surface area contributed by atoms with Gasteiger partial charge in [0.25, 0.3) is 0 Å². The first-order chi connectivity index (χ1) is 13.0. The van der Waals surface area contributed by atoms with E-state index in [4.69, 9.17) is 0 Å². The van der Waals surface area contributed by atoms with Gasteiger partial charge in [0, 0.05) is 4.92 Å². The quantitative estimate of drug-likeness (QED) is 0.460. The number of nitrogens with zero attached hydrogens (tertiary/aromatic N) is 3. The summed E-state index contributed by atoms with van der Waals surface area (Å²) in [6.07, 6.45) is 1.44. The molecule has 1 aliphatic rings. The number of aryl methyl sites for hydroxylation is 2. The van der Waals surface area contributed by atoms with Crippen LogP contribution in [0.5, 0.6) is 0 Å². The van der Waals surface area contributed by atoms with E-state index in [1.54, 1.807) is 0 Å². The molecular weight excluding hydrogens is 338 g/mol. The van der Waals surface area contributed by atoms with Crippen molar-refractivity contribution in [3.05, 3.63) is 86.5 Å². The summed E-state index contributed by atoms with van der Waals surface area (Å²) in [6, 6.07) is 19.4. The molecular formula is C22H19N3O2. The number of nitro groups is 1. The molecule has 3 rings (SSSR count). The summed E-state index contributed by atoms with van der Waals surface area (Å²) in [6.45, 7) is 1.74. The molecule has 0 fully saturated rings. The van der Waals surface area contributed by atoms with Crippen LogP contribution in [0.1, 0.15) is 34.6 Å². The maximum Gasteiger partial charge on any atom is 0.211 e. The second-order valence-corrected chi connectivity index (χ2v) is 6.85. The second kappa shape index (κ2) is 7.85. The summed E-state index contributed by atoms with van der Waals surface area (Å²) in [5.74, 6) is -0.636. The van der Waals surface area contributed by atoms with E-state index in [1.807, 2.05) is 67.6 Å². The Morgan fingerprint density at radius 2 is 1.85 bits per heavy atom. The molecule has 0 amide bonds. The number of fused-ring (bicyclic) bond motifs is 1. The summed E-state index contributed by atoms with van der Waals surface area (Å²) >= 11 is 0. The largest absolute Gasteiger partial charge is 0.265 e. The first-order valence-corrected chi connectivity index (χ1v) is 8.86. The minimum atomic E-state index is -0.388. The smallest absolute Gasteiger partial charge is 0.211 e. The van der Waals surface area contributed by atoms with Crippen LogP contribution in [0.4, 0.5) is 0 Å². The van der Waals surface area contributed by atoms with Gasteiger partial charge in [-0.1, -0.05) is 54.1 Å². The van der Waals surface area contributed by atoms with Crippen LogP contribution in [0.15, 0.2) is 54.1 Å². The lowest BCUT2D eigenvalue weighted by molar-refractivity contribution is -0.484. The lowest BCUT2D eigenvalue weighted by Gasteiger charge is -2.32. The van der Waals surface area contributed by atoms with Gasteiger partial charge >= 0.3 is 0 Å². The van der Waals surface area contributed by atoms with Gasteiger partial charge in [0.15, 0.2) is 0 Å². The van der Waals surface area contributed by atoms with Crippen LogP contribution in [-0.4, -0.2) is 11.5 Å². The van der Waals surface area contributed by atoms with Crippen molar-refractivity contribution >= 4 is 5.57 Å². The topological polar surface area (TPSA) is 90.7 Å². The molecule has 1 aliphatic carbocycles. The molecule has 0 saturated carbocycles. The number of hydrogen-bond acceptors (Lipinski definition) is 4. The van der Waals surface area contributed by atoms with E-state index < -0.39 is 0 Å². The Hall–Kier alpha value is -3.44. The molecule has 134 valence electrons. The Kier molecular flexibility index (Phi) is 5.33. The van der Waals surface area contributed by atoms with Gasteiger partial charge in [0.2, 0.25) is 6.54 Å². The minimum Gasteiger partial charge on any atom is -0.265 e. The van der Waals surface area contributed by atoms with E-state index >= 15 is 0 Å². The molecule has 5 nitrogen and oxygen atoms in total. The zero-order valence-corrected chi connectivity index (χ0v) is 15.1. The van der Waals surface area contributed by atoms with E-state index in [2.05, 4.69) is 0 Å². The SMILES string of the molecule is Cc1ccc([C@H](C[N+](=O)[O-])[C@@H]2CCc3ccccc3C2=C(C#N)C#N)cc1. The van der Waals surface area contributed by atoms with Crippen molar-refractivity contribution in [2.75, 3.05) is 6.54 Å². The molecule has 2 aromatic carbocycles. The molecule has 0 aromatic heterocycles. The Balaban J connectivity index is 2.17. The summed E-state index contributed by atoms with van der Waals surface area (Å²) in [7, 11) is 0. The zero-order chi connectivity index (χ0) is 19.4. The van der Waals surface area contributed by atoms with E-state index in [1.165, 1.54) is 0 Å². The summed E-state index contributed by atoms with van der Waals surface area (Å²) in [5, 5.41) is 30.5. The third-order valence-corrected chi connectivity index (χ3v) is 5.23. The average molecular weight is 357 g/mol. The van der Waals surface area contributed by atoms with Crippen molar-refractivity contribution in [2.45, 2.75) is 25.7 Å². The van der Waals surface area contributed by atoms with Gasteiger partial charge in [-0.3, -0.25) is 10.1 Å². The second-order valence-electron chi connectivity index (χ2n) is 6.85. The first-order valence-electron chi connectivity index (χ1n) is 8.86. The third kappa shape index (κ3) is 3.73. The molecule has 0 N–H and O–H groups in total. The monoisotopic (exact) mass is 357 g/mol. The molecule has 2 atom stereocenters. The summed E-state index contributed by atoms with van der Waals surface area (Å²) < 4.78 is 0. The molecule has 2 aromatic rings. The number of nitriles is 2. The van der Waals surface area contributed by atoms with Crippen LogP contribution in [0.3, 0.4) is 0 Å². The lowest BCUT2D eigenvalue weighted by Crippen LogP contribution is -2.26. The van der Waals surface area contributed by atoms with Crippen LogP contribution in [0.2, 0.25) is 0 Å². The van der Waals surface area contributed by atoms with Gasteiger partial charge in [-0.05, 0) is 47.9 Å². The molecule has 0 radical (unpaired) electrons. The molecule has 5 heteroatoms. The Morgan fingerprint density at radius 1 is 1.19 bits per heavy atom. The number of allylic oxidation sites excluding steroid dienone is 2. The van der Waals surface area contributed by atoms with Crippen LogP contribution in [0, 0.1) is 45.6 Å². The molecule has 0 heterocycles. The standard InChI is InChI=1S/C22H19N3O2/c1-15-6-8-17(9-7-15)21(14-25(26)27)20-11-10-16-4-2-3-5-19(16)22(20)18(12-23)13-24/h2-9,20-21H,10-11,14H2,1H3/t20-,21-/m0/s1. The molecule has 0 spiro atoms. The predicted octanol–water partition coefficient (Wildman–Crippen LogP) is 4.42. The highest BCUT2D eigenvalue weighted by Crippen LogP contribution is 2.44. The van der Waals surface area contributed by atoms with Gasteiger partial charge in [-0.25, -0.2) is 0 Å². The van der Waals surface area contributed by atoms with E-state index in [0.717, 1.165) is 28.7 Å². The van der Waals surface area contributed by atoms with Crippen molar-refractivity contribution in [1.82, 2.24) is 0 Å². The van der Waals surface area contributed by atoms with Crippen LogP contribution >= 0.6 is 0 Å². The highest BCUT2D eigenvalue weighted by atomic mass is 16.6. The van der Waals surface area contributed by atoms with Gasteiger partial charge in [0.1, 0.15) is 17.7 Å². The third-order valence-electron chi connectivity index (χ3n) is 5.23. The fourth-order valence-corrected chi connectivity index (χ4v) is 3.96. The fourth-order valence-electron chi connectivity index (χ4n) is 3.96. The van der Waals surface area contributed by atoms with Gasteiger partial charge in [-0.15, -0.1) is 0 Å². The zero-order valence-electron chi connectivity index (χ0n) is 15.1. The van der Waals surface area contributed by atoms with Crippen LogP contribution in [0.25, 0.3) is 5.57 Å². The number of rotatable bonds is 4. The van der Waals surface area contributed by atoms with Crippen molar-refractivity contribution < 1.29 is 4.92 Å².